The molecule has 0 aliphatic rings. The number of ether oxygens (including phenoxy) is 1. The number of halogens is 1. The standard InChI is InChI=1S/C13H18INO2/c1-8(16)15-11-6-9(13(2,3)4)10(14)7-12(11)17-5/h6-7H,1-5H3,(H,15,16). The maximum atomic E-state index is 11.2. The van der Waals surface area contributed by atoms with Crippen LogP contribution in [-0.4, -0.2) is 13.0 Å². The first-order valence-electron chi connectivity index (χ1n) is 5.41. The fraction of sp³-hybridized carbons (Fsp3) is 0.462. The molecule has 1 aromatic rings. The third-order valence-corrected chi connectivity index (χ3v) is 3.30. The Morgan fingerprint density at radius 2 is 1.94 bits per heavy atom. The van der Waals surface area contributed by atoms with Crippen LogP contribution >= 0.6 is 22.6 Å². The minimum Gasteiger partial charge on any atom is -0.495 e. The Kier molecular flexibility index (Phi) is 4.41. The molecular formula is C13H18INO2. The van der Waals surface area contributed by atoms with E-state index in [1.165, 1.54) is 12.5 Å². The molecule has 1 aromatic carbocycles. The summed E-state index contributed by atoms with van der Waals surface area (Å²) in [5, 5.41) is 2.80. The van der Waals surface area contributed by atoms with Crippen LogP contribution in [0.25, 0.3) is 0 Å². The Morgan fingerprint density at radius 3 is 2.35 bits per heavy atom. The van der Waals surface area contributed by atoms with Crippen LogP contribution in [0.4, 0.5) is 5.69 Å². The molecule has 1 amide bonds. The minimum absolute atomic E-state index is 0.0377. The third kappa shape index (κ3) is 3.59. The number of carbonyl (C=O) groups is 1. The van der Waals surface area contributed by atoms with E-state index >= 15 is 0 Å². The van der Waals surface area contributed by atoms with Crippen molar-refractivity contribution in [1.82, 2.24) is 0 Å². The van der Waals surface area contributed by atoms with Gasteiger partial charge < -0.3 is 10.1 Å². The summed E-state index contributed by atoms with van der Waals surface area (Å²) in [5.41, 5.74) is 1.96. The van der Waals surface area contributed by atoms with Crippen LogP contribution in [-0.2, 0) is 10.2 Å². The fourth-order valence-electron chi connectivity index (χ4n) is 1.59. The highest BCUT2D eigenvalue weighted by Crippen LogP contribution is 2.35. The van der Waals surface area contributed by atoms with Gasteiger partial charge in [0, 0.05) is 10.5 Å². The topological polar surface area (TPSA) is 38.3 Å². The molecule has 1 rings (SSSR count). The summed E-state index contributed by atoms with van der Waals surface area (Å²) in [5.74, 6) is 0.599. The van der Waals surface area contributed by atoms with E-state index in [1.807, 2.05) is 12.1 Å². The summed E-state index contributed by atoms with van der Waals surface area (Å²) in [6.07, 6.45) is 0. The molecule has 3 nitrogen and oxygen atoms in total. The molecule has 0 spiro atoms. The normalized spacial score (nSPS) is 11.2. The summed E-state index contributed by atoms with van der Waals surface area (Å²) in [7, 11) is 1.60. The molecule has 0 radical (unpaired) electrons. The van der Waals surface area contributed by atoms with E-state index in [9.17, 15) is 4.79 Å². The Morgan fingerprint density at radius 1 is 1.35 bits per heavy atom. The predicted molar refractivity (Wildman–Crippen MR) is 78.7 cm³/mol. The first-order valence-corrected chi connectivity index (χ1v) is 6.49. The Labute approximate surface area is 116 Å². The van der Waals surface area contributed by atoms with Crippen LogP contribution in [0.15, 0.2) is 12.1 Å². The van der Waals surface area contributed by atoms with Gasteiger partial charge in [0.05, 0.1) is 12.8 Å². The van der Waals surface area contributed by atoms with E-state index in [4.69, 9.17) is 4.74 Å². The summed E-state index contributed by atoms with van der Waals surface area (Å²) in [4.78, 5) is 11.2. The highest BCUT2D eigenvalue weighted by molar-refractivity contribution is 14.1. The van der Waals surface area contributed by atoms with Gasteiger partial charge in [-0.2, -0.15) is 0 Å². The second kappa shape index (κ2) is 5.25. The minimum atomic E-state index is -0.0932. The van der Waals surface area contributed by atoms with Crippen molar-refractivity contribution in [3.05, 3.63) is 21.3 Å². The number of rotatable bonds is 2. The summed E-state index contributed by atoms with van der Waals surface area (Å²) < 4.78 is 6.42. The molecular weight excluding hydrogens is 329 g/mol. The predicted octanol–water partition coefficient (Wildman–Crippen LogP) is 3.56. The van der Waals surface area contributed by atoms with Crippen LogP contribution in [0.3, 0.4) is 0 Å². The molecule has 0 atom stereocenters. The van der Waals surface area contributed by atoms with Gasteiger partial charge in [-0.05, 0) is 45.7 Å². The second-order valence-corrected chi connectivity index (χ2v) is 6.13. The quantitative estimate of drug-likeness (QED) is 0.831. The molecule has 94 valence electrons. The zero-order valence-corrected chi connectivity index (χ0v) is 13.0. The van der Waals surface area contributed by atoms with Crippen molar-refractivity contribution in [2.45, 2.75) is 33.1 Å². The van der Waals surface area contributed by atoms with Crippen LogP contribution in [0.5, 0.6) is 5.75 Å². The van der Waals surface area contributed by atoms with Gasteiger partial charge in [0.25, 0.3) is 0 Å². The van der Waals surface area contributed by atoms with E-state index in [0.717, 1.165) is 9.26 Å². The number of anilines is 1. The Balaban J connectivity index is 3.32. The highest BCUT2D eigenvalue weighted by Gasteiger charge is 2.20. The monoisotopic (exact) mass is 347 g/mol. The van der Waals surface area contributed by atoms with Gasteiger partial charge in [0.2, 0.25) is 5.91 Å². The lowest BCUT2D eigenvalue weighted by Gasteiger charge is -2.23. The molecule has 0 bridgehead atoms. The Bertz CT molecular complexity index is 436. The number of hydrogen-bond donors (Lipinski definition) is 1. The summed E-state index contributed by atoms with van der Waals surface area (Å²) >= 11 is 2.29. The molecule has 0 aliphatic heterocycles. The number of carbonyl (C=O) groups excluding carboxylic acids is 1. The molecule has 4 heteroatoms. The molecule has 0 aromatic heterocycles. The van der Waals surface area contributed by atoms with Crippen molar-refractivity contribution < 1.29 is 9.53 Å². The molecule has 0 unspecified atom stereocenters. The van der Waals surface area contributed by atoms with Crippen LogP contribution < -0.4 is 10.1 Å². The van der Waals surface area contributed by atoms with Gasteiger partial charge in [-0.3, -0.25) is 4.79 Å². The summed E-state index contributed by atoms with van der Waals surface area (Å²) in [6, 6.07) is 3.94. The lowest BCUT2D eigenvalue weighted by Crippen LogP contribution is -2.15. The van der Waals surface area contributed by atoms with Crippen molar-refractivity contribution in [2.75, 3.05) is 12.4 Å². The van der Waals surface area contributed by atoms with Gasteiger partial charge >= 0.3 is 0 Å². The zero-order valence-electron chi connectivity index (χ0n) is 10.8. The van der Waals surface area contributed by atoms with Crippen LogP contribution in [0.2, 0.25) is 0 Å². The van der Waals surface area contributed by atoms with E-state index in [-0.39, 0.29) is 11.3 Å². The van der Waals surface area contributed by atoms with Gasteiger partial charge in [0.15, 0.2) is 0 Å². The number of benzene rings is 1. The highest BCUT2D eigenvalue weighted by atomic mass is 127. The number of hydrogen-bond acceptors (Lipinski definition) is 2. The van der Waals surface area contributed by atoms with Gasteiger partial charge in [-0.25, -0.2) is 0 Å². The molecule has 1 N–H and O–H groups in total. The van der Waals surface area contributed by atoms with Crippen molar-refractivity contribution in [3.8, 4) is 5.75 Å². The van der Waals surface area contributed by atoms with E-state index in [1.54, 1.807) is 7.11 Å². The van der Waals surface area contributed by atoms with Gasteiger partial charge in [-0.15, -0.1) is 0 Å². The van der Waals surface area contributed by atoms with Gasteiger partial charge in [-0.1, -0.05) is 20.8 Å². The van der Waals surface area contributed by atoms with E-state index in [2.05, 4.69) is 48.7 Å². The summed E-state index contributed by atoms with van der Waals surface area (Å²) in [6.45, 7) is 7.94. The lowest BCUT2D eigenvalue weighted by atomic mass is 9.87. The number of methoxy groups -OCH3 is 1. The molecule has 0 aliphatic carbocycles. The first-order chi connectivity index (χ1) is 7.75. The largest absolute Gasteiger partial charge is 0.495 e. The molecule has 0 heterocycles. The number of amides is 1. The second-order valence-electron chi connectivity index (χ2n) is 4.96. The van der Waals surface area contributed by atoms with Crippen molar-refractivity contribution in [2.24, 2.45) is 0 Å². The van der Waals surface area contributed by atoms with Crippen LogP contribution in [0.1, 0.15) is 33.3 Å². The van der Waals surface area contributed by atoms with Crippen molar-refractivity contribution in [3.63, 3.8) is 0 Å². The fourth-order valence-corrected chi connectivity index (χ4v) is 2.83. The first kappa shape index (κ1) is 14.3. The maximum Gasteiger partial charge on any atom is 0.221 e. The zero-order chi connectivity index (χ0) is 13.2. The average molecular weight is 347 g/mol. The molecule has 0 fully saturated rings. The Hall–Kier alpha value is -0.780. The lowest BCUT2D eigenvalue weighted by molar-refractivity contribution is -0.114. The smallest absolute Gasteiger partial charge is 0.221 e. The van der Waals surface area contributed by atoms with Crippen molar-refractivity contribution in [1.29, 1.82) is 0 Å². The van der Waals surface area contributed by atoms with Crippen LogP contribution in [0, 0.1) is 3.57 Å². The molecule has 0 saturated heterocycles. The molecule has 17 heavy (non-hydrogen) atoms. The molecule has 0 saturated carbocycles. The van der Waals surface area contributed by atoms with E-state index in [0.29, 0.717) is 5.75 Å². The average Bonchev–Trinajstić information content (AvgIpc) is 2.17. The van der Waals surface area contributed by atoms with E-state index < -0.39 is 0 Å². The van der Waals surface area contributed by atoms with Gasteiger partial charge in [0.1, 0.15) is 5.75 Å². The SMILES string of the molecule is COc1cc(I)c(C(C)(C)C)cc1NC(C)=O. The number of nitrogens with one attached hydrogen (secondary N) is 1. The third-order valence-electron chi connectivity index (χ3n) is 2.41. The maximum absolute atomic E-state index is 11.2. The van der Waals surface area contributed by atoms with Crippen molar-refractivity contribution >= 4 is 34.2 Å².